The fourth-order valence-electron chi connectivity index (χ4n) is 9.26. The highest BCUT2D eigenvalue weighted by Gasteiger charge is 2.18. The predicted octanol–water partition coefficient (Wildman–Crippen LogP) is 9.27. The second-order valence-electron chi connectivity index (χ2n) is 17.1. The Labute approximate surface area is 378 Å². The number of hydrogen-bond acceptors (Lipinski definition) is 2. The van der Waals surface area contributed by atoms with Crippen molar-refractivity contribution in [1.82, 2.24) is 4.57 Å². The van der Waals surface area contributed by atoms with Gasteiger partial charge in [0.05, 0.1) is 0 Å². The summed E-state index contributed by atoms with van der Waals surface area (Å²) in [5.41, 5.74) is 14.0. The average Bonchev–Trinajstić information content (AvgIpc) is 3.67. The van der Waals surface area contributed by atoms with Crippen LogP contribution < -0.4 is 18.3 Å². The van der Waals surface area contributed by atoms with E-state index in [1.165, 1.54) is 32.9 Å². The van der Waals surface area contributed by atoms with Crippen LogP contribution in [0.15, 0.2) is 207 Å². The number of carbonyl (C=O) groups is 2. The summed E-state index contributed by atoms with van der Waals surface area (Å²) in [5, 5.41) is 2.57. The summed E-state index contributed by atoms with van der Waals surface area (Å²) in [6, 6.07) is 53.7. The zero-order valence-corrected chi connectivity index (χ0v) is 36.2. The molecule has 0 amide bonds. The van der Waals surface area contributed by atoms with E-state index in [9.17, 15) is 9.59 Å². The van der Waals surface area contributed by atoms with E-state index >= 15 is 0 Å². The molecule has 0 spiro atoms. The van der Waals surface area contributed by atoms with Gasteiger partial charge >= 0.3 is 0 Å². The molecule has 0 atom stereocenters. The van der Waals surface area contributed by atoms with Crippen molar-refractivity contribution in [3.05, 3.63) is 252 Å². The van der Waals surface area contributed by atoms with Gasteiger partial charge < -0.3 is 4.57 Å². The molecule has 7 nitrogen and oxygen atoms in total. The molecule has 15 heterocycles. The molecule has 5 aromatic carbocycles. The molecular formula is C58H47N5O2+4. The summed E-state index contributed by atoms with van der Waals surface area (Å²) >= 11 is 0. The second kappa shape index (κ2) is 16.8. The van der Waals surface area contributed by atoms with Crippen LogP contribution >= 0.6 is 0 Å². The van der Waals surface area contributed by atoms with Crippen LogP contribution in [0.25, 0.3) is 44.1 Å². The van der Waals surface area contributed by atoms with Gasteiger partial charge in [-0.15, -0.1) is 0 Å². The molecule has 0 saturated carbocycles. The minimum Gasteiger partial charge on any atom is -0.341 e. The maximum absolute atomic E-state index is 13.6. The van der Waals surface area contributed by atoms with Crippen molar-refractivity contribution >= 4 is 33.4 Å². The van der Waals surface area contributed by atoms with E-state index in [0.29, 0.717) is 35.3 Å². The summed E-state index contributed by atoms with van der Waals surface area (Å²) in [6.45, 7) is 6.03. The fraction of sp³-hybridized carbons (Fsp3) is 0.103. The van der Waals surface area contributed by atoms with Crippen molar-refractivity contribution in [3.63, 3.8) is 0 Å². The number of ketones is 2. The third-order valence-electron chi connectivity index (χ3n) is 12.8. The Morgan fingerprint density at radius 2 is 0.677 bits per heavy atom. The minimum atomic E-state index is -0.115. The van der Waals surface area contributed by atoms with Crippen LogP contribution in [0, 0.1) is 0 Å². The number of pyridine rings is 4. The molecule has 20 rings (SSSR count). The third kappa shape index (κ3) is 8.05. The van der Waals surface area contributed by atoms with Crippen molar-refractivity contribution < 1.29 is 27.9 Å². The Balaban J connectivity index is 0.906. The van der Waals surface area contributed by atoms with Crippen LogP contribution in [-0.4, -0.2) is 16.1 Å². The van der Waals surface area contributed by atoms with E-state index in [1.54, 1.807) is 24.3 Å². The molecule has 0 radical (unpaired) electrons. The van der Waals surface area contributed by atoms with E-state index in [2.05, 4.69) is 164 Å². The van der Waals surface area contributed by atoms with Crippen molar-refractivity contribution in [1.29, 1.82) is 0 Å². The Kier molecular flexibility index (Phi) is 10.3. The zero-order chi connectivity index (χ0) is 43.9. The van der Waals surface area contributed by atoms with Crippen molar-refractivity contribution in [2.45, 2.75) is 39.6 Å². The van der Waals surface area contributed by atoms with Crippen LogP contribution in [0.2, 0.25) is 0 Å². The topological polar surface area (TPSA) is 54.6 Å². The third-order valence-corrected chi connectivity index (χ3v) is 12.8. The largest absolute Gasteiger partial charge is 0.341 e. The fourth-order valence-corrected chi connectivity index (χ4v) is 9.26. The maximum Gasteiger partial charge on any atom is 0.193 e. The molecule has 0 N–H and O–H groups in total. The first-order valence-corrected chi connectivity index (χ1v) is 22.3. The monoisotopic (exact) mass is 845 g/mol. The molecule has 312 valence electrons. The van der Waals surface area contributed by atoms with Crippen LogP contribution in [0.5, 0.6) is 0 Å². The minimum absolute atomic E-state index is 0.115. The maximum atomic E-state index is 13.6. The first-order valence-electron chi connectivity index (χ1n) is 22.3. The van der Waals surface area contributed by atoms with E-state index in [4.69, 9.17) is 0 Å². The normalized spacial score (nSPS) is 12.9. The molecule has 10 aliphatic rings. The Morgan fingerprint density at radius 1 is 0.354 bits per heavy atom. The van der Waals surface area contributed by atoms with E-state index < -0.39 is 0 Å². The molecule has 0 fully saturated rings. The van der Waals surface area contributed by atoms with Gasteiger partial charge in [-0.1, -0.05) is 78.9 Å². The summed E-state index contributed by atoms with van der Waals surface area (Å²) in [5.74, 6) is -0.230. The van der Waals surface area contributed by atoms with Crippen molar-refractivity contribution in [2.24, 2.45) is 0 Å². The first-order chi connectivity index (χ1) is 31.9. The second-order valence-corrected chi connectivity index (χ2v) is 17.1. The van der Waals surface area contributed by atoms with E-state index in [1.807, 2.05) is 48.5 Å². The zero-order valence-electron chi connectivity index (χ0n) is 36.2. The number of aromatic nitrogens is 5. The molecule has 0 aliphatic carbocycles. The molecule has 18 bridgehead atoms. The smallest absolute Gasteiger partial charge is 0.193 e. The quantitative estimate of drug-likeness (QED) is 0.155. The van der Waals surface area contributed by atoms with Gasteiger partial charge in [0.2, 0.25) is 0 Å². The van der Waals surface area contributed by atoms with E-state index in [0.717, 1.165) is 53.0 Å². The highest BCUT2D eigenvalue weighted by atomic mass is 16.1. The highest BCUT2D eigenvalue weighted by molar-refractivity contribution is 6.13. The van der Waals surface area contributed by atoms with Gasteiger partial charge in [0.1, 0.15) is 0 Å². The van der Waals surface area contributed by atoms with Crippen LogP contribution in [0.3, 0.4) is 0 Å². The lowest BCUT2D eigenvalue weighted by Gasteiger charge is -2.07. The Bertz CT molecular complexity index is 3170. The van der Waals surface area contributed by atoms with Gasteiger partial charge in [0, 0.05) is 121 Å². The van der Waals surface area contributed by atoms with Crippen molar-refractivity contribution in [2.75, 3.05) is 0 Å². The number of nitrogens with zero attached hydrogens (tertiary/aromatic N) is 5. The van der Waals surface area contributed by atoms with Gasteiger partial charge in [-0.2, -0.15) is 0 Å². The lowest BCUT2D eigenvalue weighted by molar-refractivity contribution is -0.688. The molecule has 10 aliphatic heterocycles. The van der Waals surface area contributed by atoms with Gasteiger partial charge in [0.25, 0.3) is 0 Å². The molecule has 0 unspecified atom stereocenters. The molecule has 10 aromatic rings. The summed E-state index contributed by atoms with van der Waals surface area (Å²) in [6.07, 6.45) is 17.0. The van der Waals surface area contributed by atoms with E-state index in [-0.39, 0.29) is 11.6 Å². The molecule has 7 heteroatoms. The van der Waals surface area contributed by atoms with Crippen LogP contribution in [0.4, 0.5) is 0 Å². The highest BCUT2D eigenvalue weighted by Crippen LogP contribution is 2.31. The standard InChI is InChI=1S/C58H47N5O2/c1-2-63-55-16-10-43-34-53(55)54-35-44(11-17-56(54)63)40-62-32-24-48(25-33-62)46-20-28-60(29-21-46)38-42-8-14-50(15-9-42)58(65)52-5-3-4-51(36-52)57(64)49-12-6-41(7-13-49)37-59-26-18-45(19-27-59)47-22-30-61(39-43)31-23-47/h3-36H,2,37-40H2,1H3/q+4. The van der Waals surface area contributed by atoms with Crippen LogP contribution in [0.1, 0.15) is 61.0 Å². The number of hydrogen-bond donors (Lipinski definition) is 0. The lowest BCUT2D eigenvalue weighted by atomic mass is 9.96. The average molecular weight is 846 g/mol. The lowest BCUT2D eigenvalue weighted by Crippen LogP contribution is -2.33. The van der Waals surface area contributed by atoms with Gasteiger partial charge in [-0.25, -0.2) is 18.3 Å². The number of carbonyl (C=O) groups excluding carboxylic acids is 2. The number of benzene rings is 5. The summed E-state index contributed by atoms with van der Waals surface area (Å²) in [4.78, 5) is 27.3. The van der Waals surface area contributed by atoms with Gasteiger partial charge in [-0.05, 0) is 59.5 Å². The SMILES string of the molecule is CCn1c2ccc3cc2c2cc(ccc21)C[n+]1ccc(cc1)-c1cc[n+](cc1)Cc1ccc(cc1)C(=O)c1cccc(c1)C(=O)c1ccc(cc1)C[n+]1ccc(cc1)-c1cc[n+](cc1)C3. The molecular weight excluding hydrogens is 799 g/mol. The Morgan fingerprint density at radius 3 is 1.02 bits per heavy atom. The molecule has 0 saturated heterocycles. The Hall–Kier alpha value is -8.16. The van der Waals surface area contributed by atoms with Crippen molar-refractivity contribution in [3.8, 4) is 22.3 Å². The molecule has 65 heavy (non-hydrogen) atoms. The van der Waals surface area contributed by atoms with Crippen LogP contribution in [-0.2, 0) is 32.7 Å². The number of rotatable bonds is 1. The summed E-state index contributed by atoms with van der Waals surface area (Å²) < 4.78 is 11.2. The predicted molar refractivity (Wildman–Crippen MR) is 252 cm³/mol. The molecule has 5 aromatic heterocycles. The van der Waals surface area contributed by atoms with Gasteiger partial charge in [-0.3, -0.25) is 9.59 Å². The summed E-state index contributed by atoms with van der Waals surface area (Å²) in [7, 11) is 0. The first kappa shape index (κ1) is 39.7. The van der Waals surface area contributed by atoms with Gasteiger partial charge in [0.15, 0.2) is 87.3 Å². The number of aryl methyl sites for hydroxylation is 1.